The molecule has 29 heavy (non-hydrogen) atoms. The van der Waals surface area contributed by atoms with Crippen LogP contribution in [0.4, 0.5) is 5.82 Å². The Bertz CT molecular complexity index is 854. The zero-order valence-electron chi connectivity index (χ0n) is 17.8. The zero-order chi connectivity index (χ0) is 20.4. The first-order valence-electron chi connectivity index (χ1n) is 10.7. The van der Waals surface area contributed by atoms with Crippen LogP contribution in [0.3, 0.4) is 0 Å². The van der Waals surface area contributed by atoms with Crippen molar-refractivity contribution in [3.63, 3.8) is 0 Å². The van der Waals surface area contributed by atoms with Crippen LogP contribution in [0.1, 0.15) is 30.2 Å². The van der Waals surface area contributed by atoms with Gasteiger partial charge in [-0.3, -0.25) is 9.69 Å². The molecular formula is C21H32N6OS. The Labute approximate surface area is 177 Å². The summed E-state index contributed by atoms with van der Waals surface area (Å²) in [6.45, 7) is 14.5. The molecule has 0 aliphatic carbocycles. The summed E-state index contributed by atoms with van der Waals surface area (Å²) in [5.41, 5.74) is 1.19. The SMILES string of the molecule is Cc1sc2ncnc(NC(C)C(=O)N3CCN(CCN4CCCC4)CC3)c2c1C. The summed E-state index contributed by atoms with van der Waals surface area (Å²) in [6, 6.07) is -0.302. The summed E-state index contributed by atoms with van der Waals surface area (Å²) in [6.07, 6.45) is 4.27. The van der Waals surface area contributed by atoms with Gasteiger partial charge in [0.2, 0.25) is 5.91 Å². The summed E-state index contributed by atoms with van der Waals surface area (Å²) in [5, 5.41) is 4.40. The fraction of sp³-hybridized carbons (Fsp3) is 0.667. The second kappa shape index (κ2) is 8.93. The zero-order valence-corrected chi connectivity index (χ0v) is 18.6. The van der Waals surface area contributed by atoms with Crippen molar-refractivity contribution < 1.29 is 4.79 Å². The molecule has 2 aromatic heterocycles. The Kier molecular flexibility index (Phi) is 6.32. The van der Waals surface area contributed by atoms with Gasteiger partial charge in [-0.1, -0.05) is 0 Å². The third-order valence-electron chi connectivity index (χ3n) is 6.30. The van der Waals surface area contributed by atoms with Gasteiger partial charge in [0, 0.05) is 44.1 Å². The normalized spacial score (nSPS) is 19.8. The molecule has 0 spiro atoms. The molecule has 2 fully saturated rings. The number of carbonyl (C=O) groups is 1. The van der Waals surface area contributed by atoms with Gasteiger partial charge in [-0.05, 0) is 52.3 Å². The van der Waals surface area contributed by atoms with E-state index < -0.39 is 0 Å². The van der Waals surface area contributed by atoms with Gasteiger partial charge in [-0.2, -0.15) is 0 Å². The van der Waals surface area contributed by atoms with Crippen molar-refractivity contribution in [2.75, 3.05) is 57.7 Å². The smallest absolute Gasteiger partial charge is 0.244 e. The molecule has 0 saturated carbocycles. The number of thiophene rings is 1. The predicted octanol–water partition coefficient (Wildman–Crippen LogP) is 2.35. The summed E-state index contributed by atoms with van der Waals surface area (Å²) < 4.78 is 0. The first-order chi connectivity index (χ1) is 14.0. The lowest BCUT2D eigenvalue weighted by atomic mass is 10.2. The number of rotatable bonds is 6. The lowest BCUT2D eigenvalue weighted by Crippen LogP contribution is -2.53. The number of likely N-dealkylation sites (tertiary alicyclic amines) is 1. The van der Waals surface area contributed by atoms with Crippen LogP contribution in [0.15, 0.2) is 6.33 Å². The monoisotopic (exact) mass is 416 g/mol. The van der Waals surface area contributed by atoms with Crippen LogP contribution in [0.5, 0.6) is 0 Å². The van der Waals surface area contributed by atoms with E-state index in [4.69, 9.17) is 0 Å². The summed E-state index contributed by atoms with van der Waals surface area (Å²) in [7, 11) is 0. The fourth-order valence-electron chi connectivity index (χ4n) is 4.31. The van der Waals surface area contributed by atoms with E-state index in [-0.39, 0.29) is 11.9 Å². The number of amides is 1. The number of carbonyl (C=O) groups excluding carboxylic acids is 1. The number of nitrogens with zero attached hydrogens (tertiary/aromatic N) is 5. The van der Waals surface area contributed by atoms with Crippen molar-refractivity contribution >= 4 is 33.3 Å². The number of hydrogen-bond acceptors (Lipinski definition) is 7. The van der Waals surface area contributed by atoms with Crippen LogP contribution < -0.4 is 5.32 Å². The highest BCUT2D eigenvalue weighted by Gasteiger charge is 2.26. The predicted molar refractivity (Wildman–Crippen MR) is 119 cm³/mol. The van der Waals surface area contributed by atoms with Crippen LogP contribution >= 0.6 is 11.3 Å². The van der Waals surface area contributed by atoms with Crippen molar-refractivity contribution in [3.05, 3.63) is 16.8 Å². The van der Waals surface area contributed by atoms with Gasteiger partial charge >= 0.3 is 0 Å². The van der Waals surface area contributed by atoms with E-state index in [0.717, 1.165) is 55.3 Å². The van der Waals surface area contributed by atoms with Crippen LogP contribution in [0.25, 0.3) is 10.2 Å². The molecule has 0 bridgehead atoms. The molecule has 1 unspecified atom stereocenters. The number of nitrogens with one attached hydrogen (secondary N) is 1. The van der Waals surface area contributed by atoms with Crippen LogP contribution in [0.2, 0.25) is 0 Å². The average Bonchev–Trinajstić information content (AvgIpc) is 3.35. The van der Waals surface area contributed by atoms with Gasteiger partial charge < -0.3 is 15.1 Å². The topological polar surface area (TPSA) is 64.6 Å². The van der Waals surface area contributed by atoms with Gasteiger partial charge in [0.25, 0.3) is 0 Å². The third-order valence-corrected chi connectivity index (χ3v) is 7.42. The molecular weight excluding hydrogens is 384 g/mol. The summed E-state index contributed by atoms with van der Waals surface area (Å²) in [5.74, 6) is 0.919. The van der Waals surface area contributed by atoms with Gasteiger partial charge in [-0.15, -0.1) is 11.3 Å². The number of aromatic nitrogens is 2. The Balaban J connectivity index is 1.31. The largest absolute Gasteiger partial charge is 0.358 e. The maximum Gasteiger partial charge on any atom is 0.244 e. The van der Waals surface area contributed by atoms with Gasteiger partial charge in [-0.25, -0.2) is 9.97 Å². The first-order valence-corrected chi connectivity index (χ1v) is 11.6. The molecule has 8 heteroatoms. The van der Waals surface area contributed by atoms with E-state index in [1.54, 1.807) is 17.7 Å². The molecule has 7 nitrogen and oxygen atoms in total. The Morgan fingerprint density at radius 3 is 2.41 bits per heavy atom. The Morgan fingerprint density at radius 2 is 1.72 bits per heavy atom. The first kappa shape index (κ1) is 20.5. The van der Waals surface area contributed by atoms with E-state index in [1.807, 2.05) is 11.8 Å². The van der Waals surface area contributed by atoms with Gasteiger partial charge in [0.15, 0.2) is 0 Å². The Morgan fingerprint density at radius 1 is 1.07 bits per heavy atom. The van der Waals surface area contributed by atoms with Crippen molar-refractivity contribution in [2.45, 2.75) is 39.7 Å². The van der Waals surface area contributed by atoms with Crippen LogP contribution in [0, 0.1) is 13.8 Å². The number of hydrogen-bond donors (Lipinski definition) is 1. The molecule has 1 N–H and O–H groups in total. The molecule has 2 aromatic rings. The minimum absolute atomic E-state index is 0.153. The van der Waals surface area contributed by atoms with Crippen LogP contribution in [-0.4, -0.2) is 89.0 Å². The molecule has 2 aliphatic rings. The minimum atomic E-state index is -0.302. The van der Waals surface area contributed by atoms with Crippen molar-refractivity contribution in [3.8, 4) is 0 Å². The van der Waals surface area contributed by atoms with E-state index >= 15 is 0 Å². The van der Waals surface area contributed by atoms with E-state index in [9.17, 15) is 4.79 Å². The molecule has 1 atom stereocenters. The highest BCUT2D eigenvalue weighted by molar-refractivity contribution is 7.18. The highest BCUT2D eigenvalue weighted by Crippen LogP contribution is 2.32. The fourth-order valence-corrected chi connectivity index (χ4v) is 5.31. The molecule has 0 radical (unpaired) electrons. The number of anilines is 1. The van der Waals surface area contributed by atoms with Crippen LogP contribution in [-0.2, 0) is 4.79 Å². The van der Waals surface area contributed by atoms with E-state index in [1.165, 1.54) is 36.4 Å². The summed E-state index contributed by atoms with van der Waals surface area (Å²) >= 11 is 1.67. The Hall–Kier alpha value is -1.77. The number of piperazine rings is 1. The minimum Gasteiger partial charge on any atom is -0.358 e. The quantitative estimate of drug-likeness (QED) is 0.780. The van der Waals surface area contributed by atoms with Crippen molar-refractivity contribution in [1.82, 2.24) is 24.7 Å². The molecule has 4 rings (SSSR count). The van der Waals surface area contributed by atoms with E-state index in [2.05, 4.69) is 38.9 Å². The van der Waals surface area contributed by atoms with Crippen molar-refractivity contribution in [2.24, 2.45) is 0 Å². The molecule has 4 heterocycles. The number of aryl methyl sites for hydroxylation is 2. The molecule has 1 amide bonds. The van der Waals surface area contributed by atoms with E-state index in [0.29, 0.717) is 0 Å². The molecule has 2 aliphatic heterocycles. The third kappa shape index (κ3) is 4.54. The highest BCUT2D eigenvalue weighted by atomic mass is 32.1. The second-order valence-corrected chi connectivity index (χ2v) is 9.47. The number of fused-ring (bicyclic) bond motifs is 1. The van der Waals surface area contributed by atoms with Gasteiger partial charge in [0.1, 0.15) is 23.0 Å². The standard InChI is InChI=1S/C21H32N6OS/c1-15-17(3)29-20-18(15)19(22-14-23-20)24-16(2)21(28)27-12-10-26(11-13-27)9-8-25-6-4-5-7-25/h14,16H,4-13H2,1-3H3,(H,22,23,24). The van der Waals surface area contributed by atoms with Gasteiger partial charge in [0.05, 0.1) is 5.39 Å². The maximum absolute atomic E-state index is 13.0. The molecule has 158 valence electrons. The lowest BCUT2D eigenvalue weighted by molar-refractivity contribution is -0.133. The second-order valence-electron chi connectivity index (χ2n) is 8.27. The van der Waals surface area contributed by atoms with Crippen molar-refractivity contribution in [1.29, 1.82) is 0 Å². The molecule has 2 saturated heterocycles. The average molecular weight is 417 g/mol. The lowest BCUT2D eigenvalue weighted by Gasteiger charge is -2.36. The maximum atomic E-state index is 13.0. The summed E-state index contributed by atoms with van der Waals surface area (Å²) in [4.78, 5) is 31.1. The molecule has 0 aromatic carbocycles.